The Balaban J connectivity index is 1.79. The number of nitrogens with one attached hydrogen (secondary N) is 1. The fraction of sp³-hybridized carbons (Fsp3) is 0.0500. The summed E-state index contributed by atoms with van der Waals surface area (Å²) in [7, 11) is -3.36. The molecule has 0 atom stereocenters. The molecule has 0 bridgehead atoms. The average molecular weight is 381 g/mol. The quantitative estimate of drug-likeness (QED) is 0.702. The summed E-state index contributed by atoms with van der Waals surface area (Å²) < 4.78 is 23.3. The van der Waals surface area contributed by atoms with Crippen LogP contribution >= 0.6 is 11.3 Å². The van der Waals surface area contributed by atoms with Crippen molar-refractivity contribution in [3.63, 3.8) is 0 Å². The van der Waals surface area contributed by atoms with Crippen molar-refractivity contribution >= 4 is 32.8 Å². The van der Waals surface area contributed by atoms with E-state index < -0.39 is 9.84 Å². The lowest BCUT2D eigenvalue weighted by atomic mass is 10.1. The Morgan fingerprint density at radius 3 is 2.54 bits per heavy atom. The minimum atomic E-state index is -3.36. The number of thiophene rings is 1. The van der Waals surface area contributed by atoms with Crippen LogP contribution in [0.1, 0.15) is 20.8 Å². The molecule has 130 valence electrons. The molecule has 1 aromatic heterocycles. The van der Waals surface area contributed by atoms with E-state index in [2.05, 4.69) is 17.2 Å². The zero-order valence-electron chi connectivity index (χ0n) is 13.9. The smallest absolute Gasteiger partial charge is 0.255 e. The number of hydrogen-bond donors (Lipinski definition) is 1. The van der Waals surface area contributed by atoms with E-state index in [0.29, 0.717) is 5.69 Å². The van der Waals surface area contributed by atoms with Crippen molar-refractivity contribution in [1.29, 1.82) is 0 Å². The van der Waals surface area contributed by atoms with Crippen LogP contribution in [0, 0.1) is 11.8 Å². The summed E-state index contributed by atoms with van der Waals surface area (Å²) in [4.78, 5) is 13.5. The van der Waals surface area contributed by atoms with Gasteiger partial charge in [0, 0.05) is 23.1 Å². The van der Waals surface area contributed by atoms with E-state index in [1.807, 2.05) is 23.6 Å². The largest absolute Gasteiger partial charge is 0.322 e. The van der Waals surface area contributed by atoms with E-state index in [4.69, 9.17) is 0 Å². The summed E-state index contributed by atoms with van der Waals surface area (Å²) in [6.45, 7) is 0. The third kappa shape index (κ3) is 4.60. The summed E-state index contributed by atoms with van der Waals surface area (Å²) in [6, 6.07) is 17.0. The van der Waals surface area contributed by atoms with Crippen molar-refractivity contribution in [2.24, 2.45) is 0 Å². The van der Waals surface area contributed by atoms with Crippen LogP contribution in [0.15, 0.2) is 70.9 Å². The second-order valence-electron chi connectivity index (χ2n) is 5.56. The second-order valence-corrected chi connectivity index (χ2v) is 8.53. The lowest BCUT2D eigenvalue weighted by molar-refractivity contribution is 0.102. The molecule has 0 spiro atoms. The van der Waals surface area contributed by atoms with E-state index in [9.17, 15) is 13.2 Å². The molecule has 1 N–H and O–H groups in total. The lowest BCUT2D eigenvalue weighted by Crippen LogP contribution is -2.12. The zero-order valence-corrected chi connectivity index (χ0v) is 15.5. The SMILES string of the molecule is CS(=O)(=O)c1cccc(C(=O)Nc2cccc(C#Cc3cccs3)c2)c1. The Morgan fingerprint density at radius 1 is 1.00 bits per heavy atom. The van der Waals surface area contributed by atoms with Crippen LogP contribution in [0.2, 0.25) is 0 Å². The molecule has 2 aromatic carbocycles. The number of rotatable bonds is 3. The normalized spacial score (nSPS) is 10.7. The van der Waals surface area contributed by atoms with Gasteiger partial charge in [-0.25, -0.2) is 8.42 Å². The number of sulfone groups is 1. The number of anilines is 1. The highest BCUT2D eigenvalue weighted by atomic mass is 32.2. The van der Waals surface area contributed by atoms with Crippen LogP contribution in [-0.2, 0) is 9.84 Å². The van der Waals surface area contributed by atoms with Crippen molar-refractivity contribution in [3.05, 3.63) is 82.0 Å². The molecule has 0 aliphatic heterocycles. The molecule has 0 fully saturated rings. The van der Waals surface area contributed by atoms with Gasteiger partial charge >= 0.3 is 0 Å². The third-order valence-electron chi connectivity index (χ3n) is 3.50. The van der Waals surface area contributed by atoms with E-state index in [-0.39, 0.29) is 16.4 Å². The summed E-state index contributed by atoms with van der Waals surface area (Å²) in [5.41, 5.74) is 1.65. The van der Waals surface area contributed by atoms with Gasteiger partial charge in [0.2, 0.25) is 0 Å². The van der Waals surface area contributed by atoms with Crippen LogP contribution in [0.25, 0.3) is 0 Å². The Bertz CT molecular complexity index is 1110. The molecule has 6 heteroatoms. The van der Waals surface area contributed by atoms with Gasteiger partial charge in [0.1, 0.15) is 0 Å². The summed E-state index contributed by atoms with van der Waals surface area (Å²) in [5.74, 6) is 5.75. The first kappa shape index (κ1) is 17.9. The fourth-order valence-electron chi connectivity index (χ4n) is 2.23. The van der Waals surface area contributed by atoms with Gasteiger partial charge in [-0.3, -0.25) is 4.79 Å². The number of benzene rings is 2. The summed E-state index contributed by atoms with van der Waals surface area (Å²) in [5, 5.41) is 4.74. The maximum absolute atomic E-state index is 12.4. The number of amides is 1. The van der Waals surface area contributed by atoms with Gasteiger partial charge in [-0.15, -0.1) is 11.3 Å². The van der Waals surface area contributed by atoms with Crippen LogP contribution in [0.4, 0.5) is 5.69 Å². The van der Waals surface area contributed by atoms with Gasteiger partial charge in [-0.2, -0.15) is 0 Å². The second kappa shape index (κ2) is 7.56. The van der Waals surface area contributed by atoms with Gasteiger partial charge in [0.05, 0.1) is 9.77 Å². The Hall–Kier alpha value is -2.88. The maximum Gasteiger partial charge on any atom is 0.255 e. The standard InChI is InChI=1S/C20H15NO3S2/c1-26(23,24)19-9-3-6-16(14-19)20(22)21-17-7-2-5-15(13-17)10-11-18-8-4-12-25-18/h2-9,12-14H,1H3,(H,21,22). The van der Waals surface area contributed by atoms with Crippen molar-refractivity contribution in [2.45, 2.75) is 4.90 Å². The number of carbonyl (C=O) groups excluding carboxylic acids is 1. The molecule has 0 aliphatic rings. The van der Waals surface area contributed by atoms with Gasteiger partial charge in [-0.1, -0.05) is 30.0 Å². The minimum Gasteiger partial charge on any atom is -0.322 e. The predicted octanol–water partition coefficient (Wildman–Crippen LogP) is 3.80. The van der Waals surface area contributed by atoms with Crippen LogP contribution in [-0.4, -0.2) is 20.6 Å². The predicted molar refractivity (Wildman–Crippen MR) is 104 cm³/mol. The lowest BCUT2D eigenvalue weighted by Gasteiger charge is -2.07. The molecule has 3 aromatic rings. The zero-order chi connectivity index (χ0) is 18.6. The average Bonchev–Trinajstić information content (AvgIpc) is 3.13. The van der Waals surface area contributed by atoms with Crippen molar-refractivity contribution in [2.75, 3.05) is 11.6 Å². The van der Waals surface area contributed by atoms with E-state index in [0.717, 1.165) is 16.7 Å². The topological polar surface area (TPSA) is 63.2 Å². The fourth-order valence-corrected chi connectivity index (χ4v) is 3.47. The molecule has 0 saturated carbocycles. The van der Waals surface area contributed by atoms with Gasteiger partial charge in [0.15, 0.2) is 9.84 Å². The molecule has 1 heterocycles. The van der Waals surface area contributed by atoms with E-state index >= 15 is 0 Å². The summed E-state index contributed by atoms with van der Waals surface area (Å²) in [6.07, 6.45) is 1.11. The molecule has 26 heavy (non-hydrogen) atoms. The van der Waals surface area contributed by atoms with E-state index in [1.165, 1.54) is 12.1 Å². The molecule has 3 rings (SSSR count). The number of carbonyl (C=O) groups is 1. The summed E-state index contributed by atoms with van der Waals surface area (Å²) >= 11 is 1.57. The van der Waals surface area contributed by atoms with Gasteiger partial charge in [0.25, 0.3) is 5.91 Å². The van der Waals surface area contributed by atoms with Crippen LogP contribution in [0.3, 0.4) is 0 Å². The molecule has 0 aliphatic carbocycles. The van der Waals surface area contributed by atoms with Crippen LogP contribution < -0.4 is 5.32 Å². The highest BCUT2D eigenvalue weighted by molar-refractivity contribution is 7.90. The minimum absolute atomic E-state index is 0.112. The highest BCUT2D eigenvalue weighted by Gasteiger charge is 2.12. The number of hydrogen-bond acceptors (Lipinski definition) is 4. The van der Waals surface area contributed by atoms with E-state index in [1.54, 1.807) is 41.7 Å². The van der Waals surface area contributed by atoms with Crippen molar-refractivity contribution in [1.82, 2.24) is 0 Å². The third-order valence-corrected chi connectivity index (χ3v) is 5.39. The van der Waals surface area contributed by atoms with Gasteiger partial charge in [-0.05, 0) is 47.8 Å². The van der Waals surface area contributed by atoms with Crippen molar-refractivity contribution < 1.29 is 13.2 Å². The Labute approximate surface area is 156 Å². The first-order chi connectivity index (χ1) is 12.4. The molecule has 4 nitrogen and oxygen atoms in total. The highest BCUT2D eigenvalue weighted by Crippen LogP contribution is 2.15. The monoisotopic (exact) mass is 381 g/mol. The molecule has 0 saturated heterocycles. The van der Waals surface area contributed by atoms with Crippen molar-refractivity contribution in [3.8, 4) is 11.8 Å². The molecular weight excluding hydrogens is 366 g/mol. The molecule has 0 unspecified atom stereocenters. The Morgan fingerprint density at radius 2 is 1.81 bits per heavy atom. The molecular formula is C20H15NO3S2. The molecule has 1 amide bonds. The molecule has 0 radical (unpaired) electrons. The Kier molecular flexibility index (Phi) is 5.21. The first-order valence-corrected chi connectivity index (χ1v) is 10.5. The maximum atomic E-state index is 12.4. The van der Waals surface area contributed by atoms with Crippen LogP contribution in [0.5, 0.6) is 0 Å². The van der Waals surface area contributed by atoms with Gasteiger partial charge < -0.3 is 5.32 Å². The first-order valence-electron chi connectivity index (χ1n) is 7.69.